The third kappa shape index (κ3) is 4.75. The molecule has 0 spiro atoms. The van der Waals surface area contributed by atoms with Gasteiger partial charge in [0.15, 0.2) is 0 Å². The van der Waals surface area contributed by atoms with Gasteiger partial charge in [-0.05, 0) is 35.0 Å². The Bertz CT molecular complexity index is 1120. The van der Waals surface area contributed by atoms with Crippen molar-refractivity contribution in [1.29, 1.82) is 0 Å². The lowest BCUT2D eigenvalue weighted by molar-refractivity contribution is -0.137. The number of nitrogens with one attached hydrogen (secondary N) is 1. The number of rotatable bonds is 5. The van der Waals surface area contributed by atoms with Crippen LogP contribution in [-0.2, 0) is 22.6 Å². The Morgan fingerprint density at radius 3 is 2.50 bits per heavy atom. The Labute approximate surface area is 167 Å². The minimum absolute atomic E-state index is 0.0443. The van der Waals surface area contributed by atoms with Crippen LogP contribution in [0.1, 0.15) is 17.0 Å². The van der Waals surface area contributed by atoms with E-state index < -0.39 is 21.8 Å². The summed E-state index contributed by atoms with van der Waals surface area (Å²) in [6.45, 7) is 0. The van der Waals surface area contributed by atoms with Crippen molar-refractivity contribution in [3.05, 3.63) is 69.5 Å². The highest BCUT2D eigenvalue weighted by Crippen LogP contribution is 2.30. The Morgan fingerprint density at radius 2 is 1.82 bits per heavy atom. The average molecular weight is 452 g/mol. The van der Waals surface area contributed by atoms with E-state index in [1.807, 2.05) is 0 Å². The van der Waals surface area contributed by atoms with Crippen molar-refractivity contribution in [2.45, 2.75) is 17.5 Å². The van der Waals surface area contributed by atoms with Crippen molar-refractivity contribution in [1.82, 2.24) is 10.1 Å². The molecule has 0 fully saturated rings. The molecule has 0 saturated carbocycles. The van der Waals surface area contributed by atoms with Crippen LogP contribution in [0.5, 0.6) is 0 Å². The second kappa shape index (κ2) is 7.61. The Kier molecular flexibility index (Phi) is 5.55. The number of hydrogen-bond acceptors (Lipinski definition) is 5. The first-order chi connectivity index (χ1) is 13.0. The maximum atomic E-state index is 12.8. The first-order valence-corrected chi connectivity index (χ1v) is 9.75. The lowest BCUT2D eigenvalue weighted by atomic mass is 10.1. The molecule has 1 aromatic heterocycles. The quantitative estimate of drug-likeness (QED) is 0.602. The summed E-state index contributed by atoms with van der Waals surface area (Å²) in [6, 6.07) is 8.29. The van der Waals surface area contributed by atoms with E-state index in [4.69, 9.17) is 27.7 Å². The standard InChI is InChI=1S/C16H10Cl2F3N3O3S/c17-12-5-4-11(8-13(12)18)28(25,26)24-15-22-14(27-23-15)7-9-2-1-3-10(6-9)16(19,20)21/h1-6,8H,7H2,(H,23,24). The van der Waals surface area contributed by atoms with Crippen molar-refractivity contribution in [3.63, 3.8) is 0 Å². The van der Waals surface area contributed by atoms with Gasteiger partial charge in [-0.1, -0.05) is 41.4 Å². The van der Waals surface area contributed by atoms with Gasteiger partial charge in [-0.3, -0.25) is 0 Å². The second-order valence-electron chi connectivity index (χ2n) is 5.57. The van der Waals surface area contributed by atoms with Crippen molar-refractivity contribution in [2.75, 3.05) is 4.72 Å². The molecule has 0 aliphatic heterocycles. The van der Waals surface area contributed by atoms with Gasteiger partial charge in [0, 0.05) is 0 Å². The lowest BCUT2D eigenvalue weighted by Crippen LogP contribution is -2.14. The highest BCUT2D eigenvalue weighted by molar-refractivity contribution is 7.92. The van der Waals surface area contributed by atoms with E-state index in [2.05, 4.69) is 14.9 Å². The molecule has 0 saturated heterocycles. The monoisotopic (exact) mass is 451 g/mol. The van der Waals surface area contributed by atoms with Crippen LogP contribution in [0.2, 0.25) is 10.0 Å². The normalized spacial score (nSPS) is 12.2. The molecule has 12 heteroatoms. The van der Waals surface area contributed by atoms with Crippen molar-refractivity contribution in [3.8, 4) is 0 Å². The molecule has 0 unspecified atom stereocenters. The number of anilines is 1. The number of sulfonamides is 1. The molecular weight excluding hydrogens is 442 g/mol. The summed E-state index contributed by atoms with van der Waals surface area (Å²) in [7, 11) is -4.07. The van der Waals surface area contributed by atoms with E-state index in [-0.39, 0.29) is 38.8 Å². The van der Waals surface area contributed by atoms with E-state index in [9.17, 15) is 21.6 Å². The van der Waals surface area contributed by atoms with E-state index in [1.54, 1.807) is 0 Å². The smallest absolute Gasteiger partial charge is 0.337 e. The van der Waals surface area contributed by atoms with Crippen LogP contribution in [0.3, 0.4) is 0 Å². The third-order valence-corrected chi connectivity index (χ3v) is 5.57. The fourth-order valence-electron chi connectivity index (χ4n) is 2.22. The summed E-state index contributed by atoms with van der Waals surface area (Å²) in [5.41, 5.74) is -0.539. The number of aromatic nitrogens is 2. The molecule has 2 aromatic carbocycles. The average Bonchev–Trinajstić information content (AvgIpc) is 3.03. The first kappa shape index (κ1) is 20.4. The fourth-order valence-corrected chi connectivity index (χ4v) is 3.55. The molecule has 3 rings (SSSR count). The molecule has 0 aliphatic rings. The van der Waals surface area contributed by atoms with Gasteiger partial charge in [0.05, 0.1) is 26.9 Å². The van der Waals surface area contributed by atoms with E-state index in [0.29, 0.717) is 0 Å². The van der Waals surface area contributed by atoms with Crippen LogP contribution >= 0.6 is 23.2 Å². The molecule has 3 aromatic rings. The maximum absolute atomic E-state index is 12.8. The van der Waals surface area contributed by atoms with E-state index in [1.165, 1.54) is 24.3 Å². The largest absolute Gasteiger partial charge is 0.416 e. The molecule has 28 heavy (non-hydrogen) atoms. The summed E-state index contributed by atoms with van der Waals surface area (Å²) in [5.74, 6) is -0.431. The highest BCUT2D eigenvalue weighted by atomic mass is 35.5. The predicted molar refractivity (Wildman–Crippen MR) is 95.8 cm³/mol. The van der Waals surface area contributed by atoms with Crippen molar-refractivity contribution < 1.29 is 26.1 Å². The number of nitrogens with zero attached hydrogens (tertiary/aromatic N) is 2. The van der Waals surface area contributed by atoms with Crippen molar-refractivity contribution >= 4 is 39.2 Å². The van der Waals surface area contributed by atoms with Gasteiger partial charge in [-0.15, -0.1) is 0 Å². The Balaban J connectivity index is 1.76. The van der Waals surface area contributed by atoms with Crippen LogP contribution in [0.4, 0.5) is 19.1 Å². The predicted octanol–water partition coefficient (Wildman–Crippen LogP) is 4.79. The third-order valence-electron chi connectivity index (χ3n) is 3.50. The molecule has 0 aliphatic carbocycles. The molecule has 0 bridgehead atoms. The van der Waals surface area contributed by atoms with E-state index in [0.717, 1.165) is 18.2 Å². The summed E-state index contributed by atoms with van der Waals surface area (Å²) >= 11 is 11.6. The van der Waals surface area contributed by atoms with Crippen LogP contribution in [0.25, 0.3) is 0 Å². The lowest BCUT2D eigenvalue weighted by Gasteiger charge is -2.07. The molecule has 1 heterocycles. The fraction of sp³-hybridized carbons (Fsp3) is 0.125. The number of halogens is 5. The van der Waals surface area contributed by atoms with Gasteiger partial charge in [0.1, 0.15) is 0 Å². The zero-order chi connectivity index (χ0) is 20.5. The summed E-state index contributed by atoms with van der Waals surface area (Å²) in [5, 5.41) is 3.70. The topological polar surface area (TPSA) is 85.1 Å². The van der Waals surface area contributed by atoms with Gasteiger partial charge in [0.2, 0.25) is 5.89 Å². The first-order valence-electron chi connectivity index (χ1n) is 7.51. The SMILES string of the molecule is O=S(=O)(Nc1noc(Cc2cccc(C(F)(F)F)c2)n1)c1ccc(Cl)c(Cl)c1. The summed E-state index contributed by atoms with van der Waals surface area (Å²) in [4.78, 5) is 3.66. The Hall–Kier alpha value is -2.30. The van der Waals surface area contributed by atoms with Gasteiger partial charge in [0.25, 0.3) is 16.0 Å². The molecular formula is C16H10Cl2F3N3O3S. The molecule has 1 N–H and O–H groups in total. The molecule has 0 radical (unpaired) electrons. The van der Waals surface area contributed by atoms with Gasteiger partial charge in [-0.2, -0.15) is 18.2 Å². The van der Waals surface area contributed by atoms with E-state index >= 15 is 0 Å². The van der Waals surface area contributed by atoms with Gasteiger partial charge >= 0.3 is 6.18 Å². The highest BCUT2D eigenvalue weighted by Gasteiger charge is 2.30. The van der Waals surface area contributed by atoms with Gasteiger partial charge < -0.3 is 4.52 Å². The van der Waals surface area contributed by atoms with Crippen LogP contribution in [-0.4, -0.2) is 18.6 Å². The minimum Gasteiger partial charge on any atom is -0.337 e. The van der Waals surface area contributed by atoms with Crippen molar-refractivity contribution in [2.24, 2.45) is 0 Å². The zero-order valence-corrected chi connectivity index (χ0v) is 16.0. The maximum Gasteiger partial charge on any atom is 0.416 e. The van der Waals surface area contributed by atoms with Crippen LogP contribution in [0.15, 0.2) is 51.9 Å². The van der Waals surface area contributed by atoms with Crippen LogP contribution < -0.4 is 4.72 Å². The minimum atomic E-state index is -4.48. The Morgan fingerprint density at radius 1 is 1.07 bits per heavy atom. The van der Waals surface area contributed by atoms with Gasteiger partial charge in [-0.25, -0.2) is 13.1 Å². The molecule has 148 valence electrons. The summed E-state index contributed by atoms with van der Waals surface area (Å²) in [6.07, 6.45) is -4.59. The number of hydrogen-bond donors (Lipinski definition) is 1. The molecule has 0 amide bonds. The molecule has 6 nitrogen and oxygen atoms in total. The van der Waals surface area contributed by atoms with Crippen LogP contribution in [0, 0.1) is 0 Å². The number of alkyl halides is 3. The zero-order valence-electron chi connectivity index (χ0n) is 13.7. The summed E-state index contributed by atoms with van der Waals surface area (Å²) < 4.78 is 70.0. The second-order valence-corrected chi connectivity index (χ2v) is 8.06. The molecule has 0 atom stereocenters. The number of benzene rings is 2.